The molecule has 3 nitrogen and oxygen atoms in total. The highest BCUT2D eigenvalue weighted by atomic mass is 16.3. The number of hydrogen-bond acceptors (Lipinski definition) is 3. The molecule has 1 fully saturated rings. The summed E-state index contributed by atoms with van der Waals surface area (Å²) in [4.78, 5) is 2.32. The van der Waals surface area contributed by atoms with Crippen LogP contribution in [0.3, 0.4) is 0 Å². The Morgan fingerprint density at radius 3 is 2.21 bits per heavy atom. The Balaban J connectivity index is 0.000000177. The highest BCUT2D eigenvalue weighted by Crippen LogP contribution is 2.44. The van der Waals surface area contributed by atoms with Gasteiger partial charge in [-0.3, -0.25) is 0 Å². The van der Waals surface area contributed by atoms with Crippen molar-refractivity contribution < 1.29 is 10.2 Å². The van der Waals surface area contributed by atoms with Gasteiger partial charge in [0.2, 0.25) is 0 Å². The number of hydrogen-bond donors (Lipinski definition) is 2. The van der Waals surface area contributed by atoms with E-state index in [0.29, 0.717) is 11.5 Å². The van der Waals surface area contributed by atoms with Gasteiger partial charge in [0.1, 0.15) is 11.5 Å². The van der Waals surface area contributed by atoms with Gasteiger partial charge < -0.3 is 15.1 Å². The van der Waals surface area contributed by atoms with E-state index in [0.717, 1.165) is 31.6 Å². The van der Waals surface area contributed by atoms with Gasteiger partial charge in [0, 0.05) is 13.1 Å². The molecule has 0 atom stereocenters. The van der Waals surface area contributed by atoms with Crippen LogP contribution in [0.25, 0.3) is 0 Å². The van der Waals surface area contributed by atoms with Crippen LogP contribution in [0.2, 0.25) is 0 Å². The van der Waals surface area contributed by atoms with E-state index in [1.807, 2.05) is 18.2 Å². The first-order valence-electron chi connectivity index (χ1n) is 11.0. The van der Waals surface area contributed by atoms with E-state index in [4.69, 9.17) is 5.11 Å². The topological polar surface area (TPSA) is 43.7 Å². The first-order chi connectivity index (χ1) is 13.6. The molecule has 0 unspecified atom stereocenters. The van der Waals surface area contributed by atoms with Crippen molar-refractivity contribution in [3.63, 3.8) is 0 Å². The molecule has 0 radical (unpaired) electrons. The summed E-state index contributed by atoms with van der Waals surface area (Å²) in [7, 11) is 0. The lowest BCUT2D eigenvalue weighted by Crippen LogP contribution is -2.19. The molecule has 2 aliphatic rings. The number of nitrogens with zero attached hydrogens (tertiary/aromatic N) is 1. The molecule has 158 valence electrons. The van der Waals surface area contributed by atoms with Crippen molar-refractivity contribution >= 4 is 5.69 Å². The highest BCUT2D eigenvalue weighted by molar-refractivity contribution is 5.63. The van der Waals surface area contributed by atoms with Crippen molar-refractivity contribution in [1.82, 2.24) is 0 Å². The standard InChI is InChI=1S/C15H21NO.C11H16O/c1-15(2)6-5-11-9-14(17)13(10-12(11)15)16-7-3-4-8-16;1-4-11(2,3)9-5-7-10(12)8-6-9/h9-10,17H,3-8H2,1-2H3;5-8,12H,4H2,1-3H3. The van der Waals surface area contributed by atoms with E-state index in [2.05, 4.69) is 45.6 Å². The number of fused-ring (bicyclic) bond motifs is 1. The zero-order valence-corrected chi connectivity index (χ0v) is 18.8. The van der Waals surface area contributed by atoms with Crippen LogP contribution < -0.4 is 4.90 Å². The molecule has 1 aliphatic heterocycles. The van der Waals surface area contributed by atoms with E-state index < -0.39 is 0 Å². The number of aryl methyl sites for hydroxylation is 1. The van der Waals surface area contributed by atoms with Crippen molar-refractivity contribution in [2.75, 3.05) is 18.0 Å². The maximum absolute atomic E-state index is 10.2. The first-order valence-corrected chi connectivity index (χ1v) is 11.0. The molecule has 0 amide bonds. The number of aromatic hydroxyl groups is 2. The van der Waals surface area contributed by atoms with Crippen LogP contribution in [-0.4, -0.2) is 23.3 Å². The van der Waals surface area contributed by atoms with Crippen molar-refractivity contribution in [3.8, 4) is 11.5 Å². The zero-order valence-electron chi connectivity index (χ0n) is 18.8. The zero-order chi connectivity index (χ0) is 21.2. The lowest BCUT2D eigenvalue weighted by atomic mass is 9.82. The third-order valence-corrected chi connectivity index (χ3v) is 6.93. The van der Waals surface area contributed by atoms with E-state index in [1.165, 1.54) is 36.0 Å². The lowest BCUT2D eigenvalue weighted by Gasteiger charge is -2.24. The fourth-order valence-electron chi connectivity index (χ4n) is 4.37. The summed E-state index contributed by atoms with van der Waals surface area (Å²) in [5.41, 5.74) is 5.61. The predicted octanol–water partition coefficient (Wildman–Crippen LogP) is 6.30. The van der Waals surface area contributed by atoms with Crippen LogP contribution in [0.5, 0.6) is 11.5 Å². The summed E-state index contributed by atoms with van der Waals surface area (Å²) in [6.07, 6.45) is 5.92. The average molecular weight is 396 g/mol. The molecule has 0 saturated carbocycles. The van der Waals surface area contributed by atoms with Gasteiger partial charge in [-0.1, -0.05) is 46.8 Å². The molecule has 4 rings (SSSR count). The lowest BCUT2D eigenvalue weighted by molar-refractivity contribution is 0.471. The number of anilines is 1. The van der Waals surface area contributed by atoms with Crippen molar-refractivity contribution in [2.24, 2.45) is 0 Å². The molecule has 1 aliphatic carbocycles. The van der Waals surface area contributed by atoms with Crippen LogP contribution in [0.1, 0.15) is 77.0 Å². The van der Waals surface area contributed by atoms with Crippen LogP contribution in [0.4, 0.5) is 5.69 Å². The van der Waals surface area contributed by atoms with Crippen LogP contribution in [0.15, 0.2) is 36.4 Å². The maximum atomic E-state index is 10.2. The van der Waals surface area contributed by atoms with Gasteiger partial charge in [-0.05, 0) is 83.9 Å². The summed E-state index contributed by atoms with van der Waals surface area (Å²) in [6, 6.07) is 11.7. The van der Waals surface area contributed by atoms with Crippen molar-refractivity contribution in [1.29, 1.82) is 0 Å². The smallest absolute Gasteiger partial charge is 0.139 e. The molecule has 3 heteroatoms. The molecule has 1 heterocycles. The van der Waals surface area contributed by atoms with Crippen molar-refractivity contribution in [2.45, 2.75) is 77.6 Å². The molecular weight excluding hydrogens is 358 g/mol. The van der Waals surface area contributed by atoms with Gasteiger partial charge >= 0.3 is 0 Å². The predicted molar refractivity (Wildman–Crippen MR) is 122 cm³/mol. The molecule has 2 N–H and O–H groups in total. The average Bonchev–Trinajstić information content (AvgIpc) is 3.30. The molecule has 0 bridgehead atoms. The SMILES string of the molecule is CC1(C)CCc2cc(O)c(N3CCCC3)cc21.CCC(C)(C)c1ccc(O)cc1. The molecule has 29 heavy (non-hydrogen) atoms. The van der Waals surface area contributed by atoms with Crippen LogP contribution in [0, 0.1) is 0 Å². The monoisotopic (exact) mass is 395 g/mol. The maximum Gasteiger partial charge on any atom is 0.139 e. The van der Waals surface area contributed by atoms with Gasteiger partial charge in [-0.2, -0.15) is 0 Å². The quantitative estimate of drug-likeness (QED) is 0.641. The Kier molecular flexibility index (Phi) is 6.16. The second-order valence-electron chi connectivity index (χ2n) is 9.86. The summed E-state index contributed by atoms with van der Waals surface area (Å²) in [5.74, 6) is 0.814. The summed E-state index contributed by atoms with van der Waals surface area (Å²) in [5, 5.41) is 19.3. The molecule has 2 aromatic carbocycles. The third-order valence-electron chi connectivity index (χ3n) is 6.93. The van der Waals surface area contributed by atoms with Gasteiger partial charge in [0.15, 0.2) is 0 Å². The summed E-state index contributed by atoms with van der Waals surface area (Å²) < 4.78 is 0. The molecular formula is C26H37NO2. The normalized spacial score (nSPS) is 17.6. The van der Waals surface area contributed by atoms with Crippen molar-refractivity contribution in [3.05, 3.63) is 53.1 Å². The van der Waals surface area contributed by atoms with Gasteiger partial charge in [-0.25, -0.2) is 0 Å². The fourth-order valence-corrected chi connectivity index (χ4v) is 4.37. The second-order valence-corrected chi connectivity index (χ2v) is 9.86. The van der Waals surface area contributed by atoms with Crippen LogP contribution in [-0.2, 0) is 17.3 Å². The minimum absolute atomic E-state index is 0.216. The number of phenols is 2. The number of phenolic OH excluding ortho intramolecular Hbond substituents is 2. The Hall–Kier alpha value is -2.16. The Morgan fingerprint density at radius 1 is 1.00 bits per heavy atom. The summed E-state index contributed by atoms with van der Waals surface area (Å²) >= 11 is 0. The largest absolute Gasteiger partial charge is 0.508 e. The van der Waals surface area contributed by atoms with E-state index in [-0.39, 0.29) is 10.8 Å². The molecule has 0 spiro atoms. The molecule has 1 saturated heterocycles. The number of benzene rings is 2. The minimum Gasteiger partial charge on any atom is -0.508 e. The molecule has 2 aromatic rings. The Morgan fingerprint density at radius 2 is 1.62 bits per heavy atom. The van der Waals surface area contributed by atoms with Crippen LogP contribution >= 0.6 is 0 Å². The van der Waals surface area contributed by atoms with E-state index in [9.17, 15) is 5.11 Å². The van der Waals surface area contributed by atoms with Gasteiger partial charge in [0.05, 0.1) is 5.69 Å². The third kappa shape index (κ3) is 4.71. The molecule has 0 aromatic heterocycles. The first kappa shape index (κ1) is 21.5. The van der Waals surface area contributed by atoms with Gasteiger partial charge in [0.25, 0.3) is 0 Å². The Bertz CT molecular complexity index is 831. The van der Waals surface area contributed by atoms with E-state index in [1.54, 1.807) is 12.1 Å². The summed E-state index contributed by atoms with van der Waals surface area (Å²) in [6.45, 7) is 13.4. The van der Waals surface area contributed by atoms with Gasteiger partial charge in [-0.15, -0.1) is 0 Å². The second kappa shape index (κ2) is 8.30. The minimum atomic E-state index is 0.216. The van der Waals surface area contributed by atoms with E-state index >= 15 is 0 Å². The highest BCUT2D eigenvalue weighted by Gasteiger charge is 2.31. The Labute approximate surface area is 176 Å². The number of rotatable bonds is 3. The fraction of sp³-hybridized carbons (Fsp3) is 0.538.